The molecule has 184 valence electrons. The van der Waals surface area contributed by atoms with Crippen molar-refractivity contribution in [1.29, 1.82) is 0 Å². The number of hydrogen-bond acceptors (Lipinski definition) is 6. The highest BCUT2D eigenvalue weighted by Crippen LogP contribution is 2.50. The lowest BCUT2D eigenvalue weighted by atomic mass is 9.95. The number of rotatable bonds is 7. The molecule has 0 heterocycles. The van der Waals surface area contributed by atoms with E-state index in [0.29, 0.717) is 35.7 Å². The van der Waals surface area contributed by atoms with Gasteiger partial charge in [0.2, 0.25) is 11.2 Å². The third-order valence-corrected chi connectivity index (χ3v) is 6.29. The quantitative estimate of drug-likeness (QED) is 0.521. The highest BCUT2D eigenvalue weighted by atomic mass is 19.2. The average Bonchev–Trinajstić information content (AvgIpc) is 3.11. The molecule has 0 spiro atoms. The lowest BCUT2D eigenvalue weighted by Crippen LogP contribution is -2.22. The summed E-state index contributed by atoms with van der Waals surface area (Å²) in [5.74, 6) is -0.154. The van der Waals surface area contributed by atoms with E-state index < -0.39 is 11.6 Å². The van der Waals surface area contributed by atoms with Crippen LogP contribution in [0.3, 0.4) is 0 Å². The van der Waals surface area contributed by atoms with Gasteiger partial charge in [-0.1, -0.05) is 18.2 Å². The van der Waals surface area contributed by atoms with E-state index >= 15 is 0 Å². The van der Waals surface area contributed by atoms with Crippen LogP contribution in [0.25, 0.3) is 11.1 Å². The van der Waals surface area contributed by atoms with Crippen LogP contribution in [-0.4, -0.2) is 28.4 Å². The fraction of sp³-hybridized carbons (Fsp3) is 0.296. The fourth-order valence-electron chi connectivity index (χ4n) is 4.60. The standard InChI is InChI=1S/C27H27F2NO5/c1-32-22-11-9-17-18(13-21(22)31)20(30-14-16-6-5-7-19(28)25(16)29)10-8-15-12-23(33-2)26(34-3)27(35-4)24(15)17/h5-7,9,11-13,20,30H,8,10,14H2,1-4H3/t20-/m0/s1. The predicted octanol–water partition coefficient (Wildman–Crippen LogP) is 4.80. The summed E-state index contributed by atoms with van der Waals surface area (Å²) in [6, 6.07) is 10.6. The molecule has 4 rings (SSSR count). The second kappa shape index (κ2) is 10.3. The van der Waals surface area contributed by atoms with Gasteiger partial charge in [-0.05, 0) is 53.8 Å². The molecule has 1 aliphatic carbocycles. The molecular weight excluding hydrogens is 456 g/mol. The Morgan fingerprint density at radius 2 is 1.66 bits per heavy atom. The molecule has 1 aliphatic rings. The van der Waals surface area contributed by atoms with Crippen LogP contribution in [0.1, 0.15) is 29.2 Å². The van der Waals surface area contributed by atoms with Crippen molar-refractivity contribution in [1.82, 2.24) is 5.32 Å². The summed E-state index contributed by atoms with van der Waals surface area (Å²) in [5.41, 5.74) is 3.07. The predicted molar refractivity (Wildman–Crippen MR) is 129 cm³/mol. The largest absolute Gasteiger partial charge is 0.493 e. The first kappa shape index (κ1) is 24.5. The van der Waals surface area contributed by atoms with Crippen molar-refractivity contribution in [3.8, 4) is 34.1 Å². The lowest BCUT2D eigenvalue weighted by Gasteiger charge is -2.20. The fourth-order valence-corrected chi connectivity index (χ4v) is 4.60. The van der Waals surface area contributed by atoms with Gasteiger partial charge in [0.15, 0.2) is 28.9 Å². The number of benzene rings is 2. The smallest absolute Gasteiger partial charge is 0.220 e. The first-order chi connectivity index (χ1) is 16.9. The zero-order chi connectivity index (χ0) is 25.1. The van der Waals surface area contributed by atoms with E-state index in [4.69, 9.17) is 18.9 Å². The van der Waals surface area contributed by atoms with Crippen LogP contribution in [-0.2, 0) is 13.0 Å². The number of ether oxygens (including phenoxy) is 4. The summed E-state index contributed by atoms with van der Waals surface area (Å²) in [6.07, 6.45) is 1.19. The molecule has 0 unspecified atom stereocenters. The molecule has 1 atom stereocenters. The zero-order valence-corrected chi connectivity index (χ0v) is 20.0. The topological polar surface area (TPSA) is 66.0 Å². The molecule has 0 bridgehead atoms. The van der Waals surface area contributed by atoms with Crippen LogP contribution in [0.4, 0.5) is 8.78 Å². The van der Waals surface area contributed by atoms with Crippen molar-refractivity contribution < 1.29 is 27.7 Å². The van der Waals surface area contributed by atoms with Gasteiger partial charge in [0.05, 0.1) is 28.4 Å². The molecule has 0 saturated heterocycles. The molecule has 0 radical (unpaired) electrons. The first-order valence-corrected chi connectivity index (χ1v) is 11.1. The van der Waals surface area contributed by atoms with E-state index in [0.717, 1.165) is 22.8 Å². The Labute approximate surface area is 202 Å². The van der Waals surface area contributed by atoms with Gasteiger partial charge in [0, 0.05) is 23.7 Å². The third kappa shape index (κ3) is 4.53. The normalized spacial score (nSPS) is 14.4. The molecule has 35 heavy (non-hydrogen) atoms. The molecule has 0 saturated carbocycles. The van der Waals surface area contributed by atoms with Crippen LogP contribution in [0.15, 0.2) is 47.3 Å². The maximum absolute atomic E-state index is 14.3. The maximum atomic E-state index is 14.3. The molecule has 0 fully saturated rings. The van der Waals surface area contributed by atoms with E-state index in [2.05, 4.69) is 5.32 Å². The maximum Gasteiger partial charge on any atom is 0.220 e. The molecule has 8 heteroatoms. The Morgan fingerprint density at radius 1 is 0.914 bits per heavy atom. The van der Waals surface area contributed by atoms with Gasteiger partial charge in [0.1, 0.15) is 0 Å². The SMILES string of the molecule is COc1cc2c(c(OC)c1OC)-c1ccc(OC)c(=O)cc1[C@@H](NCc1cccc(F)c1F)CC2. The van der Waals surface area contributed by atoms with Crippen molar-refractivity contribution in [2.24, 2.45) is 0 Å². The molecule has 0 aliphatic heterocycles. The molecule has 6 nitrogen and oxygen atoms in total. The van der Waals surface area contributed by atoms with Crippen molar-refractivity contribution in [2.45, 2.75) is 25.4 Å². The van der Waals surface area contributed by atoms with E-state index in [-0.39, 0.29) is 29.3 Å². The lowest BCUT2D eigenvalue weighted by molar-refractivity contribution is 0.324. The Kier molecular flexibility index (Phi) is 7.21. The van der Waals surface area contributed by atoms with Crippen LogP contribution in [0, 0.1) is 11.6 Å². The highest BCUT2D eigenvalue weighted by Gasteiger charge is 2.29. The summed E-state index contributed by atoms with van der Waals surface area (Å²) >= 11 is 0. The minimum absolute atomic E-state index is 0.0811. The van der Waals surface area contributed by atoms with Crippen molar-refractivity contribution in [3.05, 3.63) is 81.0 Å². The van der Waals surface area contributed by atoms with Gasteiger partial charge in [-0.2, -0.15) is 0 Å². The highest BCUT2D eigenvalue weighted by molar-refractivity contribution is 5.82. The Bertz CT molecular complexity index is 1310. The molecule has 3 aromatic carbocycles. The van der Waals surface area contributed by atoms with Crippen molar-refractivity contribution in [2.75, 3.05) is 28.4 Å². The second-order valence-corrected chi connectivity index (χ2v) is 8.14. The Hall–Kier alpha value is -3.65. The van der Waals surface area contributed by atoms with Crippen molar-refractivity contribution >= 4 is 0 Å². The molecule has 0 amide bonds. The van der Waals surface area contributed by atoms with Crippen LogP contribution in [0.2, 0.25) is 0 Å². The van der Waals surface area contributed by atoms with Gasteiger partial charge < -0.3 is 24.3 Å². The van der Waals surface area contributed by atoms with Crippen LogP contribution < -0.4 is 29.7 Å². The summed E-state index contributed by atoms with van der Waals surface area (Å²) < 4.78 is 50.2. The molecule has 3 aromatic rings. The monoisotopic (exact) mass is 483 g/mol. The number of nitrogens with one attached hydrogen (secondary N) is 1. The third-order valence-electron chi connectivity index (χ3n) is 6.29. The van der Waals surface area contributed by atoms with Gasteiger partial charge in [-0.15, -0.1) is 0 Å². The van der Waals surface area contributed by atoms with E-state index in [1.165, 1.54) is 32.4 Å². The number of methoxy groups -OCH3 is 4. The summed E-state index contributed by atoms with van der Waals surface area (Å²) in [7, 11) is 6.08. The van der Waals surface area contributed by atoms with Crippen molar-refractivity contribution in [3.63, 3.8) is 0 Å². The minimum Gasteiger partial charge on any atom is -0.493 e. The summed E-state index contributed by atoms with van der Waals surface area (Å²) in [4.78, 5) is 12.9. The van der Waals surface area contributed by atoms with E-state index in [1.54, 1.807) is 20.3 Å². The van der Waals surface area contributed by atoms with Gasteiger partial charge in [-0.3, -0.25) is 4.79 Å². The van der Waals surface area contributed by atoms with Crippen LogP contribution in [0.5, 0.6) is 23.0 Å². The minimum atomic E-state index is -0.903. The second-order valence-electron chi connectivity index (χ2n) is 8.14. The first-order valence-electron chi connectivity index (χ1n) is 11.1. The number of fused-ring (bicyclic) bond motifs is 3. The Balaban J connectivity index is 1.90. The average molecular weight is 484 g/mol. The summed E-state index contributed by atoms with van der Waals surface area (Å²) in [5, 5.41) is 3.32. The van der Waals surface area contributed by atoms with E-state index in [1.807, 2.05) is 12.1 Å². The molecular formula is C27H27F2NO5. The Morgan fingerprint density at radius 3 is 2.34 bits per heavy atom. The van der Waals surface area contributed by atoms with Gasteiger partial charge >= 0.3 is 0 Å². The number of aryl methyl sites for hydroxylation is 1. The molecule has 0 aromatic heterocycles. The van der Waals surface area contributed by atoms with Crippen LogP contribution >= 0.6 is 0 Å². The summed E-state index contributed by atoms with van der Waals surface area (Å²) in [6.45, 7) is 0.0811. The zero-order valence-electron chi connectivity index (χ0n) is 20.0. The number of hydrogen-bond donors (Lipinski definition) is 1. The number of halogens is 2. The molecule has 1 N–H and O–H groups in total. The van der Waals surface area contributed by atoms with E-state index in [9.17, 15) is 13.6 Å². The van der Waals surface area contributed by atoms with Gasteiger partial charge in [-0.25, -0.2) is 8.78 Å². The van der Waals surface area contributed by atoms with Gasteiger partial charge in [0.25, 0.3) is 0 Å².